The fourth-order valence-corrected chi connectivity index (χ4v) is 12.4. The molecule has 26 nitrogen and oxygen atoms in total. The lowest BCUT2D eigenvalue weighted by Crippen LogP contribution is -2.54. The van der Waals surface area contributed by atoms with Crippen LogP contribution in [0.4, 0.5) is 35.3 Å². The minimum Gasteiger partial charge on any atom is -0.497 e. The number of hydrogen-bond donors (Lipinski definition) is 9. The van der Waals surface area contributed by atoms with Crippen LogP contribution in [0.1, 0.15) is 37.7 Å². The molecule has 100 heavy (non-hydrogen) atoms. The van der Waals surface area contributed by atoms with E-state index in [1.807, 2.05) is 88.7 Å². The molecule has 9 heterocycles. The number of nitrogens with one attached hydrogen (secondary N) is 8. The smallest absolute Gasteiger partial charge is 0.239 e. The Bertz CT molecular complexity index is 4760. The number of H-pyrrole nitrogens is 3. The van der Waals surface area contributed by atoms with Gasteiger partial charge in [-0.15, -0.1) is 0 Å². The molecule has 0 aliphatic carbocycles. The summed E-state index contributed by atoms with van der Waals surface area (Å²) >= 11 is 30.9. The van der Waals surface area contributed by atoms with Crippen LogP contribution in [0.15, 0.2) is 146 Å². The summed E-state index contributed by atoms with van der Waals surface area (Å²) in [4.78, 5) is 69.1. The van der Waals surface area contributed by atoms with Crippen molar-refractivity contribution < 1.29 is 28.8 Å². The molecule has 3 unspecified atom stereocenters. The molecular weight excluding hydrogens is 1380 g/mol. The number of ether oxygens (including phenoxy) is 4. The number of benzene rings is 6. The van der Waals surface area contributed by atoms with Crippen LogP contribution in [0.25, 0.3) is 33.1 Å². The molecule has 0 spiro atoms. The molecule has 3 fully saturated rings. The van der Waals surface area contributed by atoms with Crippen molar-refractivity contribution in [3.63, 3.8) is 0 Å². The third-order valence-electron chi connectivity index (χ3n) is 15.9. The van der Waals surface area contributed by atoms with Gasteiger partial charge in [0.25, 0.3) is 0 Å². The number of aliphatic hydroxyl groups is 1. The average molecular weight is 1450 g/mol. The van der Waals surface area contributed by atoms with E-state index in [4.69, 9.17) is 81.9 Å². The number of hydrogen-bond acceptors (Lipinski definition) is 22. The maximum absolute atomic E-state index is 11.9. The quantitative estimate of drug-likeness (QED) is 0.0363. The number of aromatic amines is 3. The number of carbonyl (C=O) groups excluding carboxylic acids is 1. The van der Waals surface area contributed by atoms with Crippen LogP contribution in [-0.2, 0) is 24.4 Å². The fraction of sp³-hybridized carbons (Fsp3) is 0.246. The van der Waals surface area contributed by atoms with Gasteiger partial charge in [-0.2, -0.15) is 29.9 Å². The molecule has 12 aromatic rings. The number of rotatable bonds is 19. The Morgan fingerprint density at radius 2 is 0.910 bits per heavy atom. The van der Waals surface area contributed by atoms with Gasteiger partial charge in [0, 0.05) is 85.7 Å². The molecule has 6 aromatic carbocycles. The van der Waals surface area contributed by atoms with Crippen LogP contribution in [0.5, 0.6) is 40.6 Å². The summed E-state index contributed by atoms with van der Waals surface area (Å²) in [6.45, 7) is 9.74. The molecule has 6 aromatic heterocycles. The van der Waals surface area contributed by atoms with Gasteiger partial charge in [0.2, 0.25) is 41.4 Å². The Kier molecular flexibility index (Phi) is 21.4. The second kappa shape index (κ2) is 31.3. The van der Waals surface area contributed by atoms with E-state index in [0.717, 1.165) is 69.5 Å². The van der Waals surface area contributed by atoms with Crippen LogP contribution < -0.4 is 60.2 Å². The standard InChI is InChI=1S/C24H25Cl2N7O.C23H23ClN6O3.C22H19Cl2N7O2/c1-14-12-33(13-15(2)28-14)22-10-23(34-20-8-7-16(25)9-17(20)26)32-24(31-22)27-11-21-29-18-5-3-4-6-19(18)30-21;1-32-15-6-7-19(16(24)10-15)33-22-11-21(30-9-8-14(31)13-30)28-23(29-22)25-12-20-26-17-4-2-3-5-18(17)27-20;23-13-5-6-17(14(24)9-13)33-21-10-19(31-8-7-25-20(32)12-31)29-22(30-21)26-11-18-27-15-3-1-2-4-16(15)28-18/h3-10,14-15,28H,11-13H2,1-2H3,(H,29,30)(H,27,31,32);2-7,10-11,14,31H,8-9,12-13H2,1H3,(H,26,27)(H,25,28,29);1-6,9-10H,7-8,11-12H2,(H,25,32)(H,27,28)(H,26,29,30). The summed E-state index contributed by atoms with van der Waals surface area (Å²) in [6, 6.07) is 44.7. The van der Waals surface area contributed by atoms with Gasteiger partial charge in [-0.1, -0.05) is 94.4 Å². The van der Waals surface area contributed by atoms with Crippen molar-refractivity contribution in [1.82, 2.24) is 70.4 Å². The van der Waals surface area contributed by atoms with Gasteiger partial charge >= 0.3 is 0 Å². The summed E-state index contributed by atoms with van der Waals surface area (Å²) in [5.41, 5.74) is 5.59. The van der Waals surface area contributed by atoms with Gasteiger partial charge in [0.05, 0.1) is 87.6 Å². The Labute approximate surface area is 598 Å². The van der Waals surface area contributed by atoms with Crippen LogP contribution >= 0.6 is 58.0 Å². The number of imidazole rings is 3. The lowest BCUT2D eigenvalue weighted by Gasteiger charge is -2.37. The Morgan fingerprint density at radius 1 is 0.490 bits per heavy atom. The molecule has 0 radical (unpaired) electrons. The van der Waals surface area contributed by atoms with Crippen molar-refractivity contribution in [2.24, 2.45) is 0 Å². The van der Waals surface area contributed by atoms with Gasteiger partial charge in [-0.3, -0.25) is 4.79 Å². The van der Waals surface area contributed by atoms with E-state index in [0.29, 0.717) is 154 Å². The second-order valence-corrected chi connectivity index (χ2v) is 25.7. The monoisotopic (exact) mass is 1450 g/mol. The summed E-state index contributed by atoms with van der Waals surface area (Å²) in [5, 5.41) is 28.2. The van der Waals surface area contributed by atoms with Gasteiger partial charge in [0.15, 0.2) is 0 Å². The number of carbonyl (C=O) groups is 1. The largest absolute Gasteiger partial charge is 0.497 e. The van der Waals surface area contributed by atoms with Crippen LogP contribution in [0.2, 0.25) is 25.1 Å². The molecule has 1 amide bonds. The first-order valence-electron chi connectivity index (χ1n) is 32.0. The summed E-state index contributed by atoms with van der Waals surface area (Å²) in [7, 11) is 1.58. The molecule has 3 aliphatic heterocycles. The number of fused-ring (bicyclic) bond motifs is 3. The highest BCUT2D eigenvalue weighted by atomic mass is 35.5. The first kappa shape index (κ1) is 68.3. The molecule has 514 valence electrons. The molecule has 15 rings (SSSR count). The summed E-state index contributed by atoms with van der Waals surface area (Å²) in [5.74, 6) is 8.36. The van der Waals surface area contributed by atoms with Crippen LogP contribution in [0, 0.1) is 0 Å². The van der Waals surface area contributed by atoms with E-state index in [2.05, 4.69) is 100 Å². The predicted molar refractivity (Wildman–Crippen MR) is 390 cm³/mol. The predicted octanol–water partition coefficient (Wildman–Crippen LogP) is 13.2. The highest BCUT2D eigenvalue weighted by Crippen LogP contribution is 2.37. The van der Waals surface area contributed by atoms with Crippen molar-refractivity contribution in [1.29, 1.82) is 0 Å². The first-order chi connectivity index (χ1) is 48.5. The Balaban J connectivity index is 0.000000134. The SMILES string of the molecule is CC1CN(c2cc(Oc3ccc(Cl)cc3Cl)nc(NCc3nc4ccccc4[nH]3)n2)CC(C)N1.COc1ccc(Oc2cc(N3CCC(O)C3)nc(NCc3nc4ccccc4[nH]3)n2)c(Cl)c1.O=C1CN(c2cc(Oc3ccc(Cl)cc3Cl)nc(NCc3nc4ccccc4[nH]3)n2)CCN1. The zero-order valence-electron chi connectivity index (χ0n) is 54.1. The number of aromatic nitrogens is 12. The molecule has 3 atom stereocenters. The van der Waals surface area contributed by atoms with E-state index in [1.165, 1.54) is 0 Å². The minimum atomic E-state index is -0.382. The number of β-amino-alcohol motifs (C(OH)–C–C–N with tert-alkyl or cyclic N) is 1. The van der Waals surface area contributed by atoms with E-state index in [9.17, 15) is 9.90 Å². The van der Waals surface area contributed by atoms with Gasteiger partial charge in [-0.25, -0.2) is 15.0 Å². The summed E-state index contributed by atoms with van der Waals surface area (Å²) < 4.78 is 23.2. The Hall–Kier alpha value is -10.2. The van der Waals surface area contributed by atoms with Crippen molar-refractivity contribution in [2.45, 2.75) is 58.1 Å². The molecule has 3 saturated heterocycles. The molecule has 0 bridgehead atoms. The van der Waals surface area contributed by atoms with Crippen LogP contribution in [-0.4, -0.2) is 142 Å². The van der Waals surface area contributed by atoms with E-state index in [1.54, 1.807) is 73.8 Å². The van der Waals surface area contributed by atoms with Crippen molar-refractivity contribution >= 4 is 132 Å². The van der Waals surface area contributed by atoms with Crippen molar-refractivity contribution in [2.75, 3.05) is 83.6 Å². The number of methoxy groups -OCH3 is 1. The number of amides is 1. The molecule has 9 N–H and O–H groups in total. The van der Waals surface area contributed by atoms with Gasteiger partial charge in [0.1, 0.15) is 57.9 Å². The number of aliphatic hydroxyl groups excluding tert-OH is 1. The fourth-order valence-electron chi connectivity index (χ4n) is 11.3. The number of para-hydroxylation sites is 6. The highest BCUT2D eigenvalue weighted by molar-refractivity contribution is 6.36. The third kappa shape index (κ3) is 17.6. The van der Waals surface area contributed by atoms with Gasteiger partial charge in [-0.05, 0) is 105 Å². The topological polar surface area (TPSA) is 307 Å². The second-order valence-electron chi connectivity index (χ2n) is 23.6. The summed E-state index contributed by atoms with van der Waals surface area (Å²) in [6.07, 6.45) is 0.305. The third-order valence-corrected chi connectivity index (χ3v) is 17.3. The van der Waals surface area contributed by atoms with E-state index >= 15 is 0 Å². The highest BCUT2D eigenvalue weighted by Gasteiger charge is 2.26. The molecule has 31 heteroatoms. The zero-order valence-corrected chi connectivity index (χ0v) is 57.9. The molecule has 3 aliphatic rings. The maximum atomic E-state index is 11.9. The lowest BCUT2D eigenvalue weighted by atomic mass is 10.1. The molecule has 0 saturated carbocycles. The number of piperazine rings is 2. The number of halogens is 5. The lowest BCUT2D eigenvalue weighted by molar-refractivity contribution is -0.120. The first-order valence-corrected chi connectivity index (χ1v) is 33.8. The van der Waals surface area contributed by atoms with Gasteiger partial charge < -0.3 is 80.3 Å². The van der Waals surface area contributed by atoms with Crippen LogP contribution in [0.3, 0.4) is 0 Å². The minimum absolute atomic E-state index is 0.0696. The number of anilines is 6. The Morgan fingerprint density at radius 3 is 1.31 bits per heavy atom. The van der Waals surface area contributed by atoms with Crippen molar-refractivity contribution in [3.05, 3.63) is 188 Å². The van der Waals surface area contributed by atoms with Crippen molar-refractivity contribution in [3.8, 4) is 40.6 Å². The number of nitrogens with zero attached hydrogens (tertiary/aromatic N) is 12. The molecular formula is C69H67Cl5N20O6. The maximum Gasteiger partial charge on any atom is 0.239 e. The van der Waals surface area contributed by atoms with E-state index in [-0.39, 0.29) is 24.4 Å². The van der Waals surface area contributed by atoms with E-state index < -0.39 is 0 Å². The normalized spacial score (nSPS) is 15.9. The average Bonchev–Trinajstić information content (AvgIpc) is 1.66. The zero-order chi connectivity index (χ0) is 69.2.